The normalized spacial score (nSPS) is 20.1. The average Bonchev–Trinajstić information content (AvgIpc) is 2.68. The van der Waals surface area contributed by atoms with Crippen molar-refractivity contribution in [3.05, 3.63) is 23.3 Å². The molecule has 0 spiro atoms. The van der Waals surface area contributed by atoms with E-state index in [-0.39, 0.29) is 34.1 Å². The Kier molecular flexibility index (Phi) is 7.53. The van der Waals surface area contributed by atoms with Crippen molar-refractivity contribution in [2.45, 2.75) is 17.8 Å². The molecule has 0 radical (unpaired) electrons. The molecule has 0 unspecified atom stereocenters. The van der Waals surface area contributed by atoms with Gasteiger partial charge in [-0.25, -0.2) is 14.4 Å². The van der Waals surface area contributed by atoms with E-state index in [4.69, 9.17) is 14.6 Å². The van der Waals surface area contributed by atoms with Gasteiger partial charge in [0.15, 0.2) is 0 Å². The fraction of sp³-hybridized carbons (Fsp3) is 0.412. The van der Waals surface area contributed by atoms with Crippen LogP contribution in [0.3, 0.4) is 0 Å². The summed E-state index contributed by atoms with van der Waals surface area (Å²) in [6, 6.07) is 0.152. The number of amides is 2. The number of aromatic hydroxyl groups is 1. The van der Waals surface area contributed by atoms with E-state index in [0.29, 0.717) is 0 Å². The highest BCUT2D eigenvalue weighted by atomic mass is 32.2. The Morgan fingerprint density at radius 3 is 2.66 bits per heavy atom. The average molecular weight is 428 g/mol. The number of cyclic esters (lactones) is 1. The molecule has 2 amide bonds. The number of phenols is 1. The van der Waals surface area contributed by atoms with Gasteiger partial charge < -0.3 is 35.1 Å². The van der Waals surface area contributed by atoms with Crippen LogP contribution in [0.4, 0.5) is 4.79 Å². The number of ether oxygens (including phenoxy) is 3. The van der Waals surface area contributed by atoms with Crippen molar-refractivity contribution >= 4 is 35.7 Å². The zero-order valence-corrected chi connectivity index (χ0v) is 16.4. The summed E-state index contributed by atoms with van der Waals surface area (Å²) in [6.45, 7) is -0.630. The third-order valence-electron chi connectivity index (χ3n) is 3.98. The molecule has 2 atom stereocenters. The molecule has 1 aromatic rings. The minimum atomic E-state index is -1.52. The molecule has 0 aromatic heterocycles. The minimum Gasteiger partial charge on any atom is -0.507 e. The largest absolute Gasteiger partial charge is 0.507 e. The van der Waals surface area contributed by atoms with Gasteiger partial charge in [0.1, 0.15) is 30.2 Å². The molecule has 12 heteroatoms. The lowest BCUT2D eigenvalue weighted by Crippen LogP contribution is -2.54. The van der Waals surface area contributed by atoms with Crippen molar-refractivity contribution in [2.75, 3.05) is 26.6 Å². The van der Waals surface area contributed by atoms with Crippen LogP contribution < -0.4 is 15.4 Å². The summed E-state index contributed by atoms with van der Waals surface area (Å²) in [7, 11) is 2.51. The maximum Gasteiger partial charge on any atom is 0.405 e. The monoisotopic (exact) mass is 428 g/mol. The van der Waals surface area contributed by atoms with Gasteiger partial charge in [-0.1, -0.05) is 0 Å². The molecule has 2 rings (SSSR count). The Morgan fingerprint density at radius 1 is 1.31 bits per heavy atom. The Morgan fingerprint density at radius 2 is 2.03 bits per heavy atom. The number of thioether (sulfide) groups is 1. The van der Waals surface area contributed by atoms with E-state index in [1.165, 1.54) is 19.2 Å². The predicted octanol–water partition coefficient (Wildman–Crippen LogP) is 0.0984. The number of fused-ring (bicyclic) bond motifs is 1. The SMILES string of the molecule is COC(=O)[C@@H]1CSCc2c(O)cc(OC)cc2C(=O)OC[C@H](NC(=O)O)C(=O)N1. The molecule has 0 saturated carbocycles. The minimum absolute atomic E-state index is 0.000903. The Balaban J connectivity index is 2.41. The summed E-state index contributed by atoms with van der Waals surface area (Å²) < 4.78 is 14.8. The molecule has 0 bridgehead atoms. The molecule has 1 heterocycles. The third-order valence-corrected chi connectivity index (χ3v) is 5.05. The Hall–Kier alpha value is -3.15. The van der Waals surface area contributed by atoms with Crippen molar-refractivity contribution in [1.29, 1.82) is 0 Å². The van der Waals surface area contributed by atoms with Gasteiger partial charge in [-0.2, -0.15) is 11.8 Å². The predicted molar refractivity (Wildman–Crippen MR) is 100.0 cm³/mol. The van der Waals surface area contributed by atoms with Crippen molar-refractivity contribution in [2.24, 2.45) is 0 Å². The summed E-state index contributed by atoms with van der Waals surface area (Å²) in [5.74, 6) is -2.28. The van der Waals surface area contributed by atoms with E-state index in [9.17, 15) is 24.3 Å². The highest BCUT2D eigenvalue weighted by molar-refractivity contribution is 7.98. The van der Waals surface area contributed by atoms with Gasteiger partial charge in [-0.15, -0.1) is 0 Å². The van der Waals surface area contributed by atoms with E-state index in [0.717, 1.165) is 18.9 Å². The number of hydrogen-bond donors (Lipinski definition) is 4. The quantitative estimate of drug-likeness (QED) is 0.486. The second kappa shape index (κ2) is 9.87. The smallest absolute Gasteiger partial charge is 0.405 e. The molecule has 1 aromatic carbocycles. The number of carbonyl (C=O) groups is 4. The summed E-state index contributed by atoms with van der Waals surface area (Å²) >= 11 is 1.15. The number of carbonyl (C=O) groups excluding carboxylic acids is 3. The highest BCUT2D eigenvalue weighted by Crippen LogP contribution is 2.32. The van der Waals surface area contributed by atoms with Crippen LogP contribution >= 0.6 is 11.8 Å². The molecule has 4 N–H and O–H groups in total. The molecular weight excluding hydrogens is 408 g/mol. The molecule has 0 saturated heterocycles. The lowest BCUT2D eigenvalue weighted by Gasteiger charge is -2.23. The first-order chi connectivity index (χ1) is 13.8. The van der Waals surface area contributed by atoms with Crippen LogP contribution in [-0.4, -0.2) is 72.8 Å². The third kappa shape index (κ3) is 5.67. The number of carboxylic acid groups (broad SMARTS) is 1. The number of methoxy groups -OCH3 is 2. The molecular formula is C17H20N2O9S. The molecule has 1 aliphatic rings. The van der Waals surface area contributed by atoms with Crippen molar-refractivity contribution in [1.82, 2.24) is 10.6 Å². The van der Waals surface area contributed by atoms with Gasteiger partial charge in [0.25, 0.3) is 0 Å². The zero-order chi connectivity index (χ0) is 21.6. The van der Waals surface area contributed by atoms with Crippen molar-refractivity contribution in [3.8, 4) is 11.5 Å². The number of hydrogen-bond acceptors (Lipinski definition) is 9. The second-order valence-electron chi connectivity index (χ2n) is 5.87. The summed E-state index contributed by atoms with van der Waals surface area (Å²) in [5, 5.41) is 23.5. The molecule has 0 fully saturated rings. The van der Waals surface area contributed by atoms with Crippen LogP contribution in [0.15, 0.2) is 12.1 Å². The first kappa shape index (κ1) is 22.1. The standard InChI is InChI=1S/C17H20N2O9S/c1-26-8-3-9-10(13(20)4-8)6-29-7-12(16(23)27-2)18-14(21)11(19-17(24)25)5-28-15(9)22/h3-4,11-12,19-20H,5-7H2,1-2H3,(H,18,21)(H,24,25)/t11-,12-/m0/s1. The van der Waals surface area contributed by atoms with Gasteiger partial charge in [-0.05, 0) is 6.07 Å². The topological polar surface area (TPSA) is 160 Å². The van der Waals surface area contributed by atoms with Crippen LogP contribution in [0.25, 0.3) is 0 Å². The summed E-state index contributed by atoms with van der Waals surface area (Å²) in [5.41, 5.74) is 0.248. The fourth-order valence-electron chi connectivity index (χ4n) is 2.51. The van der Waals surface area contributed by atoms with Crippen LogP contribution in [0.5, 0.6) is 11.5 Å². The summed E-state index contributed by atoms with van der Waals surface area (Å²) in [4.78, 5) is 47.9. The molecule has 1 aliphatic heterocycles. The first-order valence-electron chi connectivity index (χ1n) is 8.29. The summed E-state index contributed by atoms with van der Waals surface area (Å²) in [6.07, 6.45) is -1.52. The maximum absolute atomic E-state index is 12.5. The van der Waals surface area contributed by atoms with Crippen LogP contribution in [0, 0.1) is 0 Å². The van der Waals surface area contributed by atoms with Crippen LogP contribution in [-0.2, 0) is 24.8 Å². The zero-order valence-electron chi connectivity index (χ0n) is 15.6. The number of benzene rings is 1. The van der Waals surface area contributed by atoms with Crippen LogP contribution in [0.1, 0.15) is 15.9 Å². The first-order valence-corrected chi connectivity index (χ1v) is 9.44. The van der Waals surface area contributed by atoms with Gasteiger partial charge in [0, 0.05) is 23.1 Å². The van der Waals surface area contributed by atoms with E-state index in [2.05, 4.69) is 10.1 Å². The molecule has 29 heavy (non-hydrogen) atoms. The Labute approximate surface area is 169 Å². The maximum atomic E-state index is 12.5. The Bertz CT molecular complexity index is 814. The van der Waals surface area contributed by atoms with Crippen molar-refractivity contribution in [3.63, 3.8) is 0 Å². The lowest BCUT2D eigenvalue weighted by atomic mass is 10.1. The molecule has 0 aliphatic carbocycles. The fourth-order valence-corrected chi connectivity index (χ4v) is 3.59. The highest BCUT2D eigenvalue weighted by Gasteiger charge is 2.30. The van der Waals surface area contributed by atoms with Crippen LogP contribution in [0.2, 0.25) is 0 Å². The molecule has 11 nitrogen and oxygen atoms in total. The number of phenolic OH excluding ortho intramolecular Hbond substituents is 1. The molecule has 158 valence electrons. The van der Waals surface area contributed by atoms with E-state index < -0.39 is 42.6 Å². The van der Waals surface area contributed by atoms with E-state index in [1.807, 2.05) is 5.32 Å². The number of nitrogens with one attached hydrogen (secondary N) is 2. The van der Waals surface area contributed by atoms with Gasteiger partial charge >= 0.3 is 18.0 Å². The lowest BCUT2D eigenvalue weighted by molar-refractivity contribution is -0.144. The van der Waals surface area contributed by atoms with E-state index in [1.54, 1.807) is 0 Å². The second-order valence-corrected chi connectivity index (χ2v) is 6.90. The van der Waals surface area contributed by atoms with Gasteiger partial charge in [-0.3, -0.25) is 4.79 Å². The van der Waals surface area contributed by atoms with Crippen molar-refractivity contribution < 1.29 is 43.6 Å². The number of rotatable bonds is 3. The van der Waals surface area contributed by atoms with Gasteiger partial charge in [0.2, 0.25) is 5.91 Å². The number of esters is 2. The van der Waals surface area contributed by atoms with Gasteiger partial charge in [0.05, 0.1) is 19.8 Å². The van der Waals surface area contributed by atoms with E-state index >= 15 is 0 Å².